The van der Waals surface area contributed by atoms with Gasteiger partial charge >= 0.3 is 5.97 Å². The van der Waals surface area contributed by atoms with Gasteiger partial charge in [0.15, 0.2) is 6.10 Å². The fourth-order valence-corrected chi connectivity index (χ4v) is 1.67. The zero-order chi connectivity index (χ0) is 15.2. The minimum absolute atomic E-state index is 0.469. The molecule has 0 N–H and O–H groups in total. The van der Waals surface area contributed by atoms with Crippen LogP contribution in [-0.4, -0.2) is 12.1 Å². The summed E-state index contributed by atoms with van der Waals surface area (Å²) < 4.78 is 10.7. The van der Waals surface area contributed by atoms with Gasteiger partial charge in [-0.2, -0.15) is 5.26 Å². The Labute approximate surface area is 123 Å². The number of carbonyl (C=O) groups is 1. The zero-order valence-electron chi connectivity index (χ0n) is 11.9. The molecule has 2 aromatic rings. The summed E-state index contributed by atoms with van der Waals surface area (Å²) >= 11 is 0. The second-order valence-electron chi connectivity index (χ2n) is 4.63. The predicted molar refractivity (Wildman–Crippen MR) is 78.1 cm³/mol. The largest absolute Gasteiger partial charge is 0.479 e. The van der Waals surface area contributed by atoms with Gasteiger partial charge < -0.3 is 9.47 Å². The number of carbonyl (C=O) groups excluding carboxylic acids is 1. The summed E-state index contributed by atoms with van der Waals surface area (Å²) in [5.74, 6) is 0.534. The van der Waals surface area contributed by atoms with Gasteiger partial charge in [0, 0.05) is 0 Å². The number of nitriles is 1. The van der Waals surface area contributed by atoms with Crippen LogP contribution in [0.25, 0.3) is 0 Å². The molecule has 0 bridgehead atoms. The van der Waals surface area contributed by atoms with Crippen molar-refractivity contribution in [3.05, 3.63) is 59.7 Å². The van der Waals surface area contributed by atoms with Crippen molar-refractivity contribution in [2.45, 2.75) is 20.0 Å². The highest BCUT2D eigenvalue weighted by Gasteiger charge is 2.17. The molecule has 106 valence electrons. The van der Waals surface area contributed by atoms with Gasteiger partial charge in [-0.05, 0) is 50.2 Å². The minimum atomic E-state index is -0.737. The SMILES string of the molecule is Cc1ccc(OC(=O)C(C)Oc2ccc(C#N)cc2)cc1. The molecule has 0 aliphatic rings. The van der Waals surface area contributed by atoms with Crippen molar-refractivity contribution < 1.29 is 14.3 Å². The second-order valence-corrected chi connectivity index (χ2v) is 4.63. The topological polar surface area (TPSA) is 59.3 Å². The van der Waals surface area contributed by atoms with Gasteiger partial charge in [-0.25, -0.2) is 4.79 Å². The Balaban J connectivity index is 1.95. The molecule has 0 spiro atoms. The summed E-state index contributed by atoms with van der Waals surface area (Å²) in [5, 5.41) is 8.72. The number of aryl methyl sites for hydroxylation is 1. The first-order chi connectivity index (χ1) is 10.1. The van der Waals surface area contributed by atoms with Crippen molar-refractivity contribution in [2.24, 2.45) is 0 Å². The molecule has 0 heterocycles. The van der Waals surface area contributed by atoms with E-state index in [2.05, 4.69) is 0 Å². The maximum Gasteiger partial charge on any atom is 0.352 e. The standard InChI is InChI=1S/C17H15NO3/c1-12-3-7-16(8-4-12)21-17(19)13(2)20-15-9-5-14(11-18)6-10-15/h3-10,13H,1-2H3. The van der Waals surface area contributed by atoms with E-state index < -0.39 is 12.1 Å². The van der Waals surface area contributed by atoms with Crippen LogP contribution in [-0.2, 0) is 4.79 Å². The van der Waals surface area contributed by atoms with Crippen LogP contribution in [0.2, 0.25) is 0 Å². The summed E-state index contributed by atoms with van der Waals surface area (Å²) in [6.45, 7) is 3.58. The first-order valence-electron chi connectivity index (χ1n) is 6.53. The lowest BCUT2D eigenvalue weighted by atomic mass is 10.2. The van der Waals surface area contributed by atoms with Crippen LogP contribution in [0.4, 0.5) is 0 Å². The lowest BCUT2D eigenvalue weighted by molar-refractivity contribution is -0.141. The van der Waals surface area contributed by atoms with Gasteiger partial charge in [-0.15, -0.1) is 0 Å². The van der Waals surface area contributed by atoms with Crippen molar-refractivity contribution in [3.63, 3.8) is 0 Å². The molecule has 0 saturated heterocycles. The van der Waals surface area contributed by atoms with Crippen LogP contribution in [0.3, 0.4) is 0 Å². The summed E-state index contributed by atoms with van der Waals surface area (Å²) in [4.78, 5) is 11.9. The smallest absolute Gasteiger partial charge is 0.352 e. The van der Waals surface area contributed by atoms with E-state index in [4.69, 9.17) is 14.7 Å². The summed E-state index contributed by atoms with van der Waals surface area (Å²) in [7, 11) is 0. The monoisotopic (exact) mass is 281 g/mol. The quantitative estimate of drug-likeness (QED) is 0.637. The van der Waals surface area contributed by atoms with Crippen molar-refractivity contribution in [3.8, 4) is 17.6 Å². The second kappa shape index (κ2) is 6.58. The molecule has 1 atom stereocenters. The van der Waals surface area contributed by atoms with Gasteiger partial charge in [0.25, 0.3) is 0 Å². The molecule has 0 aliphatic heterocycles. The average Bonchev–Trinajstić information content (AvgIpc) is 2.50. The Morgan fingerprint density at radius 2 is 1.62 bits per heavy atom. The van der Waals surface area contributed by atoms with E-state index >= 15 is 0 Å². The van der Waals surface area contributed by atoms with Crippen molar-refractivity contribution in [2.75, 3.05) is 0 Å². The molecule has 2 rings (SSSR count). The Kier molecular flexibility index (Phi) is 4.57. The van der Waals surface area contributed by atoms with Crippen LogP contribution in [0, 0.1) is 18.3 Å². The highest BCUT2D eigenvalue weighted by atomic mass is 16.6. The molecule has 0 radical (unpaired) electrons. The molecular formula is C17H15NO3. The van der Waals surface area contributed by atoms with E-state index in [1.165, 1.54) is 0 Å². The van der Waals surface area contributed by atoms with E-state index in [1.807, 2.05) is 25.1 Å². The van der Waals surface area contributed by atoms with Crippen LogP contribution in [0.5, 0.6) is 11.5 Å². The van der Waals surface area contributed by atoms with Gasteiger partial charge in [0.05, 0.1) is 11.6 Å². The van der Waals surface area contributed by atoms with Crippen LogP contribution >= 0.6 is 0 Å². The fraction of sp³-hybridized carbons (Fsp3) is 0.176. The molecule has 0 amide bonds. The van der Waals surface area contributed by atoms with Crippen LogP contribution in [0.15, 0.2) is 48.5 Å². The maximum absolute atomic E-state index is 11.9. The molecule has 2 aromatic carbocycles. The number of hydrogen-bond acceptors (Lipinski definition) is 4. The van der Waals surface area contributed by atoms with Gasteiger partial charge in [-0.3, -0.25) is 0 Å². The Morgan fingerprint density at radius 1 is 1.05 bits per heavy atom. The third kappa shape index (κ3) is 4.08. The van der Waals surface area contributed by atoms with E-state index in [-0.39, 0.29) is 0 Å². The molecule has 4 nitrogen and oxygen atoms in total. The van der Waals surface area contributed by atoms with Crippen molar-refractivity contribution >= 4 is 5.97 Å². The highest BCUT2D eigenvalue weighted by Crippen LogP contribution is 2.16. The lowest BCUT2D eigenvalue weighted by Crippen LogP contribution is -2.28. The minimum Gasteiger partial charge on any atom is -0.479 e. The van der Waals surface area contributed by atoms with E-state index in [0.717, 1.165) is 5.56 Å². The van der Waals surface area contributed by atoms with Gasteiger partial charge in [0.1, 0.15) is 11.5 Å². The zero-order valence-corrected chi connectivity index (χ0v) is 11.9. The summed E-state index contributed by atoms with van der Waals surface area (Å²) in [6, 6.07) is 15.8. The number of esters is 1. The number of ether oxygens (including phenoxy) is 2. The van der Waals surface area contributed by atoms with Crippen LogP contribution in [0.1, 0.15) is 18.1 Å². The lowest BCUT2D eigenvalue weighted by Gasteiger charge is -2.13. The summed E-state index contributed by atoms with van der Waals surface area (Å²) in [5.41, 5.74) is 1.63. The molecule has 4 heteroatoms. The van der Waals surface area contributed by atoms with Gasteiger partial charge in [-0.1, -0.05) is 17.7 Å². The number of rotatable bonds is 4. The number of hydrogen-bond donors (Lipinski definition) is 0. The number of nitrogens with zero attached hydrogens (tertiary/aromatic N) is 1. The Hall–Kier alpha value is -2.80. The molecule has 0 aliphatic carbocycles. The average molecular weight is 281 g/mol. The normalized spacial score (nSPS) is 11.3. The van der Waals surface area contributed by atoms with Gasteiger partial charge in [0.2, 0.25) is 0 Å². The fourth-order valence-electron chi connectivity index (χ4n) is 1.67. The van der Waals surface area contributed by atoms with E-state index in [1.54, 1.807) is 43.3 Å². The Morgan fingerprint density at radius 3 is 2.19 bits per heavy atom. The van der Waals surface area contributed by atoms with E-state index in [0.29, 0.717) is 17.1 Å². The molecule has 1 unspecified atom stereocenters. The van der Waals surface area contributed by atoms with Crippen LogP contribution < -0.4 is 9.47 Å². The van der Waals surface area contributed by atoms with Crippen molar-refractivity contribution in [1.82, 2.24) is 0 Å². The third-order valence-electron chi connectivity index (χ3n) is 2.87. The third-order valence-corrected chi connectivity index (χ3v) is 2.87. The van der Waals surface area contributed by atoms with E-state index in [9.17, 15) is 4.79 Å². The molecular weight excluding hydrogens is 266 g/mol. The molecule has 21 heavy (non-hydrogen) atoms. The first-order valence-corrected chi connectivity index (χ1v) is 6.53. The predicted octanol–water partition coefficient (Wildman–Crippen LogP) is 3.24. The maximum atomic E-state index is 11.9. The van der Waals surface area contributed by atoms with Crippen molar-refractivity contribution in [1.29, 1.82) is 5.26 Å². The molecule has 0 fully saturated rings. The highest BCUT2D eigenvalue weighted by molar-refractivity contribution is 5.77. The summed E-state index contributed by atoms with van der Waals surface area (Å²) in [6.07, 6.45) is -0.737. The first kappa shape index (κ1) is 14.6. The number of benzene rings is 2. The Bertz CT molecular complexity index is 654. The molecule has 0 saturated carbocycles. The molecule has 0 aromatic heterocycles.